The Labute approximate surface area is 224 Å². The first-order valence-electron chi connectivity index (χ1n) is 10.1. The molecule has 4 rings (SSSR count). The molecule has 1 amide bonds. The summed E-state index contributed by atoms with van der Waals surface area (Å²) in [6.45, 7) is -0.470. The van der Waals surface area contributed by atoms with Gasteiger partial charge in [0.2, 0.25) is 0 Å². The summed E-state index contributed by atoms with van der Waals surface area (Å²) in [5.74, 6) is -0.704. The second-order valence-corrected chi connectivity index (χ2v) is 12.3. The highest BCUT2D eigenvalue weighted by atomic mass is 35.5. The zero-order valence-corrected chi connectivity index (χ0v) is 22.3. The van der Waals surface area contributed by atoms with Gasteiger partial charge in [-0.2, -0.15) is 5.10 Å². The summed E-state index contributed by atoms with van der Waals surface area (Å²) in [6.07, 6.45) is 2.13. The number of halogens is 5. The highest BCUT2D eigenvalue weighted by molar-refractivity contribution is 7.92. The molecule has 14 heteroatoms. The molecule has 0 atom stereocenters. The Balaban J connectivity index is 1.50. The lowest BCUT2D eigenvalue weighted by Gasteiger charge is -2.19. The predicted molar refractivity (Wildman–Crippen MR) is 135 cm³/mol. The van der Waals surface area contributed by atoms with Gasteiger partial charge in [0, 0.05) is 15.6 Å². The summed E-state index contributed by atoms with van der Waals surface area (Å²) in [5.41, 5.74) is 2.52. The standard InChI is InChI=1S/C21H16Cl4FN3O4S2/c22-13-5-4-12(15(23)6-13)9-29-19-11(8-27-29)2-1-3-14(19)17(26)10-33-21(30)28-35(31,32)18-7-16(24)20(25)34-18/h4-8H,1-3,9-10H2,(H,28,30)/b17-14+. The quantitative estimate of drug-likeness (QED) is 0.339. The number of nitrogens with zero attached hydrogens (tertiary/aromatic N) is 2. The van der Waals surface area contributed by atoms with E-state index in [1.165, 1.54) is 0 Å². The van der Waals surface area contributed by atoms with E-state index in [2.05, 4.69) is 5.10 Å². The maximum absolute atomic E-state index is 15.2. The molecular formula is C21H16Cl4FN3O4S2. The fourth-order valence-electron chi connectivity index (χ4n) is 3.59. The van der Waals surface area contributed by atoms with Gasteiger partial charge in [-0.25, -0.2) is 22.3 Å². The van der Waals surface area contributed by atoms with Crippen LogP contribution < -0.4 is 4.72 Å². The molecule has 0 saturated heterocycles. The minimum atomic E-state index is -4.27. The van der Waals surface area contributed by atoms with Gasteiger partial charge in [-0.1, -0.05) is 52.5 Å². The van der Waals surface area contributed by atoms with Crippen LogP contribution in [0.15, 0.2) is 40.5 Å². The molecule has 0 aliphatic heterocycles. The van der Waals surface area contributed by atoms with Crippen molar-refractivity contribution < 1.29 is 22.3 Å². The number of allylic oxidation sites excluding steroid dienone is 1. The van der Waals surface area contributed by atoms with Gasteiger partial charge in [0.25, 0.3) is 10.0 Å². The van der Waals surface area contributed by atoms with Crippen LogP contribution in [0, 0.1) is 0 Å². The number of aromatic nitrogens is 2. The Morgan fingerprint density at radius 3 is 2.63 bits per heavy atom. The highest BCUT2D eigenvalue weighted by Gasteiger charge is 2.26. The second-order valence-electron chi connectivity index (χ2n) is 7.52. The van der Waals surface area contributed by atoms with Gasteiger partial charge in [-0.3, -0.25) is 4.68 Å². The number of hydrogen-bond acceptors (Lipinski definition) is 6. The van der Waals surface area contributed by atoms with Crippen molar-refractivity contribution in [3.05, 3.63) is 72.5 Å². The average Bonchev–Trinajstić information content (AvgIpc) is 3.37. The number of nitrogens with one attached hydrogen (secondary N) is 1. The minimum Gasteiger partial charge on any atom is -0.442 e. The van der Waals surface area contributed by atoms with Crippen molar-refractivity contribution in [3.63, 3.8) is 0 Å². The third kappa shape index (κ3) is 5.95. The van der Waals surface area contributed by atoms with E-state index in [1.807, 2.05) is 0 Å². The molecule has 2 aromatic heterocycles. The first-order valence-corrected chi connectivity index (χ1v) is 13.9. The summed E-state index contributed by atoms with van der Waals surface area (Å²) in [5, 5.41) is 5.37. The van der Waals surface area contributed by atoms with Crippen LogP contribution in [0.25, 0.3) is 5.57 Å². The van der Waals surface area contributed by atoms with E-state index < -0.39 is 28.6 Å². The number of aryl methyl sites for hydroxylation is 1. The third-order valence-corrected chi connectivity index (χ3v) is 9.41. The van der Waals surface area contributed by atoms with Gasteiger partial charge >= 0.3 is 6.09 Å². The fraction of sp³-hybridized carbons (Fsp3) is 0.238. The summed E-state index contributed by atoms with van der Waals surface area (Å²) in [7, 11) is -4.27. The van der Waals surface area contributed by atoms with Crippen molar-refractivity contribution in [2.45, 2.75) is 30.0 Å². The maximum atomic E-state index is 15.2. The van der Waals surface area contributed by atoms with Gasteiger partial charge in [0.1, 0.15) is 21.0 Å². The largest absolute Gasteiger partial charge is 0.442 e. The number of rotatable bonds is 6. The Bertz CT molecular complexity index is 1420. The van der Waals surface area contributed by atoms with Crippen molar-refractivity contribution in [3.8, 4) is 0 Å². The van der Waals surface area contributed by atoms with E-state index in [1.54, 1.807) is 33.8 Å². The van der Waals surface area contributed by atoms with E-state index >= 15 is 4.39 Å². The molecule has 2 heterocycles. The summed E-state index contributed by atoms with van der Waals surface area (Å²) < 4.78 is 47.7. The topological polar surface area (TPSA) is 90.3 Å². The van der Waals surface area contributed by atoms with Crippen LogP contribution in [0.1, 0.15) is 29.7 Å². The average molecular weight is 599 g/mol. The second kappa shape index (κ2) is 10.7. The van der Waals surface area contributed by atoms with Crippen molar-refractivity contribution in [2.24, 2.45) is 0 Å². The van der Waals surface area contributed by atoms with Crippen LogP contribution >= 0.6 is 57.7 Å². The number of carbonyl (C=O) groups excluding carboxylic acids is 1. The number of sulfonamides is 1. The first-order chi connectivity index (χ1) is 16.5. The molecule has 1 aliphatic rings. The van der Waals surface area contributed by atoms with Crippen molar-refractivity contribution in [2.75, 3.05) is 6.61 Å². The van der Waals surface area contributed by atoms with Crippen LogP contribution in [0.2, 0.25) is 19.4 Å². The molecule has 1 aromatic carbocycles. The van der Waals surface area contributed by atoms with Crippen LogP contribution in [0.3, 0.4) is 0 Å². The van der Waals surface area contributed by atoms with Gasteiger partial charge in [0.15, 0.2) is 0 Å². The number of thiophene rings is 1. The lowest BCUT2D eigenvalue weighted by molar-refractivity contribution is 0.156. The van der Waals surface area contributed by atoms with Crippen LogP contribution in [-0.2, 0) is 27.7 Å². The molecule has 1 aliphatic carbocycles. The fourth-order valence-corrected chi connectivity index (χ4v) is 6.83. The number of hydrogen-bond donors (Lipinski definition) is 1. The number of amides is 1. The van der Waals surface area contributed by atoms with Crippen molar-refractivity contribution in [1.82, 2.24) is 14.5 Å². The van der Waals surface area contributed by atoms with Gasteiger partial charge < -0.3 is 4.74 Å². The summed E-state index contributed by atoms with van der Waals surface area (Å²) in [6, 6.07) is 6.19. The van der Waals surface area contributed by atoms with E-state index in [9.17, 15) is 13.2 Å². The molecule has 1 N–H and O–H groups in total. The van der Waals surface area contributed by atoms with Crippen LogP contribution in [-0.4, -0.2) is 30.9 Å². The zero-order chi connectivity index (χ0) is 25.3. The molecule has 0 bridgehead atoms. The molecule has 0 fully saturated rings. The predicted octanol–water partition coefficient (Wildman–Crippen LogP) is 6.74. The Hall–Kier alpha value is -1.82. The summed E-state index contributed by atoms with van der Waals surface area (Å²) in [4.78, 5) is 12.1. The number of ether oxygens (including phenoxy) is 1. The molecule has 3 aromatic rings. The molecule has 0 spiro atoms. The van der Waals surface area contributed by atoms with Gasteiger partial charge in [-0.05, 0) is 48.6 Å². The molecule has 35 heavy (non-hydrogen) atoms. The third-order valence-electron chi connectivity index (χ3n) is 5.17. The smallest absolute Gasteiger partial charge is 0.421 e. The van der Waals surface area contributed by atoms with Gasteiger partial charge in [-0.15, -0.1) is 11.3 Å². The van der Waals surface area contributed by atoms with Crippen LogP contribution in [0.4, 0.5) is 9.18 Å². The Morgan fingerprint density at radius 2 is 1.94 bits per heavy atom. The zero-order valence-electron chi connectivity index (χ0n) is 17.7. The molecule has 0 unspecified atom stereocenters. The molecule has 7 nitrogen and oxygen atoms in total. The van der Waals surface area contributed by atoms with Crippen molar-refractivity contribution in [1.29, 1.82) is 0 Å². The molecular weight excluding hydrogens is 583 g/mol. The Morgan fingerprint density at radius 1 is 1.17 bits per heavy atom. The highest BCUT2D eigenvalue weighted by Crippen LogP contribution is 2.35. The van der Waals surface area contributed by atoms with E-state index in [0.717, 1.165) is 17.2 Å². The molecule has 0 saturated carbocycles. The van der Waals surface area contributed by atoms with E-state index in [0.29, 0.717) is 51.9 Å². The Kier molecular flexibility index (Phi) is 7.99. The van der Waals surface area contributed by atoms with Crippen LogP contribution in [0.5, 0.6) is 0 Å². The summed E-state index contributed by atoms with van der Waals surface area (Å²) >= 11 is 24.5. The normalized spacial score (nSPS) is 15.0. The van der Waals surface area contributed by atoms with Crippen molar-refractivity contribution >= 4 is 79.4 Å². The maximum Gasteiger partial charge on any atom is 0.421 e. The van der Waals surface area contributed by atoms with E-state index in [-0.39, 0.29) is 20.1 Å². The molecule has 0 radical (unpaired) electrons. The lowest BCUT2D eigenvalue weighted by Crippen LogP contribution is -2.31. The monoisotopic (exact) mass is 597 g/mol. The lowest BCUT2D eigenvalue weighted by atomic mass is 9.92. The SMILES string of the molecule is O=C(NS(=O)(=O)c1cc(Cl)c(Cl)s1)OC/C(F)=C1/CCCc2cnn(Cc3ccc(Cl)cc3Cl)c21. The number of benzene rings is 1. The van der Waals surface area contributed by atoms with Gasteiger partial charge in [0.05, 0.1) is 23.5 Å². The number of carbonyl (C=O) groups is 1. The molecule has 186 valence electrons. The van der Waals surface area contributed by atoms with E-state index in [4.69, 9.17) is 51.1 Å². The first kappa shape index (κ1) is 26.2. The number of fused-ring (bicyclic) bond motifs is 1. The minimum absolute atomic E-state index is 0.0331.